The summed E-state index contributed by atoms with van der Waals surface area (Å²) >= 11 is 0. The predicted octanol–water partition coefficient (Wildman–Crippen LogP) is 7.14. The number of benzene rings is 1. The van der Waals surface area contributed by atoms with E-state index >= 15 is 0 Å². The second-order valence-corrected chi connectivity index (χ2v) is 11.5. The topological polar surface area (TPSA) is 39.6 Å². The number of nitrogens with zero attached hydrogens (tertiary/aromatic N) is 2. The van der Waals surface area contributed by atoms with Gasteiger partial charge in [-0.25, -0.2) is 0 Å². The molecule has 1 aliphatic heterocycles. The predicted molar refractivity (Wildman–Crippen MR) is 152 cm³/mol. The van der Waals surface area contributed by atoms with Crippen LogP contribution in [0.2, 0.25) is 0 Å². The largest absolute Gasteiger partial charge is 0.384 e. The molecule has 1 aromatic rings. The molecule has 1 heterocycles. The lowest BCUT2D eigenvalue weighted by Crippen LogP contribution is -2.47. The monoisotopic (exact) mass is 503 g/mol. The van der Waals surface area contributed by atoms with E-state index in [1.807, 2.05) is 0 Å². The van der Waals surface area contributed by atoms with Crippen LogP contribution in [0, 0.1) is 22.7 Å². The minimum Gasteiger partial charge on any atom is -0.384 e. The highest BCUT2D eigenvalue weighted by atomic mass is 35.5. The fourth-order valence-electron chi connectivity index (χ4n) is 6.51. The molecule has 3 fully saturated rings. The molecule has 1 atom stereocenters. The molecule has 35 heavy (non-hydrogen) atoms. The lowest BCUT2D eigenvalue weighted by atomic mass is 9.66. The van der Waals surface area contributed by atoms with Gasteiger partial charge in [-0.2, -0.15) is 0 Å². The van der Waals surface area contributed by atoms with Gasteiger partial charge in [0.25, 0.3) is 0 Å². The fraction of sp³-hybridized carbons (Fsp3) is 0.767. The molecule has 0 spiro atoms. The van der Waals surface area contributed by atoms with Crippen molar-refractivity contribution < 1.29 is 4.74 Å². The lowest BCUT2D eigenvalue weighted by molar-refractivity contribution is 0.159. The summed E-state index contributed by atoms with van der Waals surface area (Å²) < 4.78 is 5.44. The maximum atomic E-state index is 8.94. The first-order valence-corrected chi connectivity index (χ1v) is 14.2. The van der Waals surface area contributed by atoms with Gasteiger partial charge in [0.1, 0.15) is 0 Å². The molecular formula is C30H50ClN3O. The summed E-state index contributed by atoms with van der Waals surface area (Å²) in [6.45, 7) is 13.6. The molecule has 0 aromatic heterocycles. The van der Waals surface area contributed by atoms with Gasteiger partial charge in [-0.3, -0.25) is 4.90 Å². The lowest BCUT2D eigenvalue weighted by Gasteiger charge is -2.42. The Bertz CT molecular complexity index is 802. The van der Waals surface area contributed by atoms with E-state index in [0.717, 1.165) is 36.7 Å². The summed E-state index contributed by atoms with van der Waals surface area (Å²) in [5.74, 6) is 1.78. The number of methoxy groups -OCH3 is 1. The van der Waals surface area contributed by atoms with Crippen molar-refractivity contribution >= 4 is 23.8 Å². The Morgan fingerprint density at radius 1 is 1.03 bits per heavy atom. The molecule has 5 heteroatoms. The summed E-state index contributed by atoms with van der Waals surface area (Å²) in [6.07, 6.45) is 11.7. The Labute approximate surface area is 221 Å². The van der Waals surface area contributed by atoms with Crippen LogP contribution in [0.4, 0.5) is 5.69 Å². The first-order chi connectivity index (χ1) is 16.5. The number of anilines is 1. The smallest absolute Gasteiger partial charge is 0.0545 e. The summed E-state index contributed by atoms with van der Waals surface area (Å²) in [6, 6.07) is 6.99. The molecule has 198 valence electrons. The SMILES string of the molecule is CC[C@H](COC)C(=N)c1ccc(N2CCN(CC3CC3)CC2)c(C2CCC(CC)(CC)CC2)c1.Cl. The van der Waals surface area contributed by atoms with Gasteiger partial charge >= 0.3 is 0 Å². The number of hydrogen-bond acceptors (Lipinski definition) is 4. The van der Waals surface area contributed by atoms with Gasteiger partial charge in [-0.1, -0.05) is 39.7 Å². The van der Waals surface area contributed by atoms with Crippen LogP contribution in [0.25, 0.3) is 0 Å². The molecule has 0 unspecified atom stereocenters. The Balaban J connectivity index is 0.00000342. The third kappa shape index (κ3) is 6.81. The summed E-state index contributed by atoms with van der Waals surface area (Å²) in [5.41, 5.74) is 5.39. The molecule has 4 rings (SSSR count). The van der Waals surface area contributed by atoms with E-state index in [4.69, 9.17) is 10.1 Å². The van der Waals surface area contributed by atoms with Gasteiger partial charge in [-0.15, -0.1) is 12.4 Å². The Morgan fingerprint density at radius 2 is 1.69 bits per heavy atom. The van der Waals surface area contributed by atoms with Crippen LogP contribution >= 0.6 is 12.4 Å². The van der Waals surface area contributed by atoms with Crippen LogP contribution in [0.15, 0.2) is 18.2 Å². The fourth-order valence-corrected chi connectivity index (χ4v) is 6.51. The number of rotatable bonds is 11. The van der Waals surface area contributed by atoms with Gasteiger partial charge in [-0.05, 0) is 85.5 Å². The quantitative estimate of drug-likeness (QED) is 0.326. The standard InChI is InChI=1S/C30H49N3O.ClH/c1-5-24(22-34-4)29(31)26-10-11-28(33-18-16-32(17-19-33)21-23-8-9-23)27(20-26)25-12-14-30(6-2,7-3)15-13-25;/h10-11,20,23-25,31H,5-9,12-19,21-22H2,1-4H3;1H/t24-;/m1./s1. The number of hydrogen-bond donors (Lipinski definition) is 1. The van der Waals surface area contributed by atoms with Crippen molar-refractivity contribution in [1.29, 1.82) is 5.41 Å². The number of ether oxygens (including phenoxy) is 1. The summed E-state index contributed by atoms with van der Waals surface area (Å²) in [5, 5.41) is 8.94. The van der Waals surface area contributed by atoms with E-state index in [9.17, 15) is 0 Å². The Morgan fingerprint density at radius 3 is 2.23 bits per heavy atom. The second kappa shape index (κ2) is 12.9. The van der Waals surface area contributed by atoms with Crippen LogP contribution in [0.1, 0.15) is 95.6 Å². The van der Waals surface area contributed by atoms with Crippen molar-refractivity contribution in [2.75, 3.05) is 51.3 Å². The first-order valence-electron chi connectivity index (χ1n) is 14.2. The van der Waals surface area contributed by atoms with Crippen LogP contribution in [-0.4, -0.2) is 57.1 Å². The molecule has 1 saturated heterocycles. The zero-order chi connectivity index (χ0) is 24.1. The van der Waals surface area contributed by atoms with Crippen molar-refractivity contribution in [2.24, 2.45) is 17.3 Å². The molecule has 0 amide bonds. The van der Waals surface area contributed by atoms with E-state index in [0.29, 0.717) is 17.9 Å². The molecule has 2 aliphatic carbocycles. The average molecular weight is 504 g/mol. The number of halogens is 1. The number of nitrogens with one attached hydrogen (secondary N) is 1. The second-order valence-electron chi connectivity index (χ2n) is 11.5. The van der Waals surface area contributed by atoms with Gasteiger partial charge in [0.2, 0.25) is 0 Å². The summed E-state index contributed by atoms with van der Waals surface area (Å²) in [7, 11) is 1.75. The maximum Gasteiger partial charge on any atom is 0.0545 e. The van der Waals surface area contributed by atoms with Crippen molar-refractivity contribution in [1.82, 2.24) is 4.90 Å². The van der Waals surface area contributed by atoms with Crippen LogP contribution in [0.5, 0.6) is 0 Å². The van der Waals surface area contributed by atoms with E-state index in [-0.39, 0.29) is 18.3 Å². The zero-order valence-electron chi connectivity index (χ0n) is 22.8. The van der Waals surface area contributed by atoms with E-state index < -0.39 is 0 Å². The Hall–Kier alpha value is -1.10. The van der Waals surface area contributed by atoms with Gasteiger partial charge in [0.05, 0.1) is 6.61 Å². The third-order valence-electron chi connectivity index (χ3n) is 9.52. The molecular weight excluding hydrogens is 454 g/mol. The molecule has 3 aliphatic rings. The molecule has 1 aromatic carbocycles. The van der Waals surface area contributed by atoms with Gasteiger partial charge in [0.15, 0.2) is 0 Å². The van der Waals surface area contributed by atoms with Crippen molar-refractivity contribution in [3.05, 3.63) is 29.3 Å². The van der Waals surface area contributed by atoms with E-state index in [1.165, 1.54) is 82.3 Å². The van der Waals surface area contributed by atoms with Crippen molar-refractivity contribution in [2.45, 2.75) is 84.5 Å². The molecule has 1 N–H and O–H groups in total. The molecule has 2 saturated carbocycles. The summed E-state index contributed by atoms with van der Waals surface area (Å²) in [4.78, 5) is 5.34. The minimum atomic E-state index is 0. The normalized spacial score (nSPS) is 22.0. The molecule has 4 nitrogen and oxygen atoms in total. The Kier molecular flexibility index (Phi) is 10.5. The van der Waals surface area contributed by atoms with Gasteiger partial charge in [0, 0.05) is 57.2 Å². The van der Waals surface area contributed by atoms with Crippen molar-refractivity contribution in [3.63, 3.8) is 0 Å². The van der Waals surface area contributed by atoms with E-state index in [1.54, 1.807) is 7.11 Å². The maximum absolute atomic E-state index is 8.94. The molecule has 0 radical (unpaired) electrons. The zero-order valence-corrected chi connectivity index (χ0v) is 23.6. The number of piperazine rings is 1. The van der Waals surface area contributed by atoms with E-state index in [2.05, 4.69) is 48.8 Å². The highest BCUT2D eigenvalue weighted by Gasteiger charge is 2.35. The van der Waals surface area contributed by atoms with Crippen LogP contribution in [-0.2, 0) is 4.74 Å². The highest BCUT2D eigenvalue weighted by Crippen LogP contribution is 2.48. The highest BCUT2D eigenvalue weighted by molar-refractivity contribution is 6.00. The molecule has 0 bridgehead atoms. The third-order valence-corrected chi connectivity index (χ3v) is 9.52. The average Bonchev–Trinajstić information content (AvgIpc) is 3.71. The van der Waals surface area contributed by atoms with Crippen molar-refractivity contribution in [3.8, 4) is 0 Å². The van der Waals surface area contributed by atoms with Crippen LogP contribution < -0.4 is 4.90 Å². The minimum absolute atomic E-state index is 0. The van der Waals surface area contributed by atoms with Gasteiger partial charge < -0.3 is 15.0 Å². The first kappa shape index (κ1) is 28.5. The van der Waals surface area contributed by atoms with Crippen LogP contribution in [0.3, 0.4) is 0 Å².